The van der Waals surface area contributed by atoms with Gasteiger partial charge in [0.2, 0.25) is 0 Å². The number of nitrogens with one attached hydrogen (secondary N) is 1. The molecule has 8 nitrogen and oxygen atoms in total. The largest absolute Gasteiger partial charge is 0.496 e. The van der Waals surface area contributed by atoms with E-state index in [1.54, 1.807) is 25.3 Å². The van der Waals surface area contributed by atoms with E-state index in [0.29, 0.717) is 33.3 Å². The van der Waals surface area contributed by atoms with E-state index in [-0.39, 0.29) is 5.56 Å². The van der Waals surface area contributed by atoms with Gasteiger partial charge < -0.3 is 9.47 Å². The highest BCUT2D eigenvalue weighted by molar-refractivity contribution is 7.14. The molecule has 0 radical (unpaired) electrons. The minimum absolute atomic E-state index is 0.267. The zero-order valence-electron chi connectivity index (χ0n) is 22.5. The number of fused-ring (bicyclic) bond motifs is 1. The second-order valence-corrected chi connectivity index (χ2v) is 10.1. The van der Waals surface area contributed by atoms with Crippen LogP contribution in [-0.2, 0) is 9.53 Å². The zero-order chi connectivity index (χ0) is 28.9. The molecule has 6 aromatic rings. The number of carbonyl (C=O) groups is 2. The lowest BCUT2D eigenvalue weighted by molar-refractivity contribution is -0.119. The third kappa shape index (κ3) is 5.72. The molecule has 0 fully saturated rings. The molecule has 4 aromatic carbocycles. The molecule has 9 heteroatoms. The van der Waals surface area contributed by atoms with Crippen LogP contribution >= 0.6 is 11.3 Å². The molecular formula is C33H24N4O4S. The molecule has 1 amide bonds. The van der Waals surface area contributed by atoms with Gasteiger partial charge in [0, 0.05) is 22.1 Å². The van der Waals surface area contributed by atoms with Crippen molar-refractivity contribution in [3.63, 3.8) is 0 Å². The molecule has 0 unspecified atom stereocenters. The first-order valence-electron chi connectivity index (χ1n) is 13.1. The maximum Gasteiger partial charge on any atom is 0.338 e. The van der Waals surface area contributed by atoms with Crippen LogP contribution in [0.1, 0.15) is 10.4 Å². The van der Waals surface area contributed by atoms with Crippen molar-refractivity contribution < 1.29 is 19.1 Å². The highest BCUT2D eigenvalue weighted by atomic mass is 32.1. The molecule has 0 saturated heterocycles. The summed E-state index contributed by atoms with van der Waals surface area (Å²) in [5.74, 6) is -0.457. The second kappa shape index (κ2) is 12.0. The molecule has 2 heterocycles. The van der Waals surface area contributed by atoms with E-state index in [2.05, 4.69) is 10.3 Å². The number of anilines is 1. The summed E-state index contributed by atoms with van der Waals surface area (Å²) in [5.41, 5.74) is 6.23. The monoisotopic (exact) mass is 572 g/mol. The summed E-state index contributed by atoms with van der Waals surface area (Å²) in [4.78, 5) is 39.6. The standard InChI is InChI=1S/C33H24N4O4S/c1-40-28-15-9-8-14-24(28)27-20-42-33(36-27)37-29(38)19-41-32(39)23-16-17-25-26(18-23)35-31(22-12-6-3-7-13-22)30(34-25)21-10-4-2-5-11-21/h2-18,20H,19H2,1H3,(H,36,37,38). The van der Waals surface area contributed by atoms with Crippen LogP contribution in [0.2, 0.25) is 0 Å². The van der Waals surface area contributed by atoms with E-state index in [1.165, 1.54) is 11.3 Å². The average Bonchev–Trinajstić information content (AvgIpc) is 3.51. The number of carbonyl (C=O) groups excluding carboxylic acids is 2. The van der Waals surface area contributed by atoms with Gasteiger partial charge in [0.25, 0.3) is 5.91 Å². The van der Waals surface area contributed by atoms with Crippen molar-refractivity contribution in [3.05, 3.63) is 114 Å². The predicted octanol–water partition coefficient (Wildman–Crippen LogP) is 6.89. The number of amides is 1. The van der Waals surface area contributed by atoms with Gasteiger partial charge in [-0.2, -0.15) is 0 Å². The maximum atomic E-state index is 12.9. The number of aromatic nitrogens is 3. The maximum absolute atomic E-state index is 12.9. The predicted molar refractivity (Wildman–Crippen MR) is 163 cm³/mol. The number of nitrogens with zero attached hydrogens (tertiary/aromatic N) is 3. The highest BCUT2D eigenvalue weighted by Gasteiger charge is 2.17. The number of benzene rings is 4. The fourth-order valence-corrected chi connectivity index (χ4v) is 5.18. The zero-order valence-corrected chi connectivity index (χ0v) is 23.3. The summed E-state index contributed by atoms with van der Waals surface area (Å²) in [6, 6.07) is 32.1. The minimum Gasteiger partial charge on any atom is -0.496 e. The van der Waals surface area contributed by atoms with Crippen LogP contribution in [0.25, 0.3) is 44.8 Å². The SMILES string of the molecule is COc1ccccc1-c1csc(NC(=O)COC(=O)c2ccc3nc(-c4ccccc4)c(-c4ccccc4)nc3c2)n1. The lowest BCUT2D eigenvalue weighted by Gasteiger charge is -2.11. The number of hydrogen-bond donors (Lipinski definition) is 1. The van der Waals surface area contributed by atoms with Gasteiger partial charge in [0.05, 0.1) is 40.8 Å². The molecule has 0 aliphatic heterocycles. The van der Waals surface area contributed by atoms with Crippen LogP contribution in [0, 0.1) is 0 Å². The van der Waals surface area contributed by atoms with Gasteiger partial charge in [-0.1, -0.05) is 72.8 Å². The fourth-order valence-electron chi connectivity index (χ4n) is 4.46. The van der Waals surface area contributed by atoms with Crippen LogP contribution in [0.5, 0.6) is 5.75 Å². The summed E-state index contributed by atoms with van der Waals surface area (Å²) in [6.07, 6.45) is 0. The van der Waals surface area contributed by atoms with Crippen molar-refractivity contribution in [2.75, 3.05) is 19.0 Å². The Morgan fingerprint density at radius 2 is 1.40 bits per heavy atom. The van der Waals surface area contributed by atoms with Gasteiger partial charge in [0.1, 0.15) is 5.75 Å². The second-order valence-electron chi connectivity index (χ2n) is 9.22. The normalized spacial score (nSPS) is 10.8. The topological polar surface area (TPSA) is 103 Å². The molecule has 0 bridgehead atoms. The Bertz CT molecular complexity index is 1890. The number of ether oxygens (including phenoxy) is 2. The Kier molecular flexibility index (Phi) is 7.65. The third-order valence-electron chi connectivity index (χ3n) is 6.46. The number of rotatable bonds is 8. The average molecular weight is 573 g/mol. The summed E-state index contributed by atoms with van der Waals surface area (Å²) >= 11 is 1.27. The van der Waals surface area contributed by atoms with Gasteiger partial charge in [-0.15, -0.1) is 11.3 Å². The molecule has 0 spiro atoms. The lowest BCUT2D eigenvalue weighted by Crippen LogP contribution is -2.20. The molecule has 6 rings (SSSR count). The lowest BCUT2D eigenvalue weighted by atomic mass is 10.0. The van der Waals surface area contributed by atoms with E-state index in [4.69, 9.17) is 19.4 Å². The van der Waals surface area contributed by atoms with Crippen molar-refractivity contribution in [1.29, 1.82) is 0 Å². The Labute approximate surface area is 245 Å². The Morgan fingerprint density at radius 1 is 0.762 bits per heavy atom. The van der Waals surface area contributed by atoms with Gasteiger partial charge >= 0.3 is 5.97 Å². The Morgan fingerprint density at radius 3 is 2.10 bits per heavy atom. The highest BCUT2D eigenvalue weighted by Crippen LogP contribution is 2.33. The Hall–Kier alpha value is -5.41. The van der Waals surface area contributed by atoms with Crippen molar-refractivity contribution in [2.24, 2.45) is 0 Å². The molecule has 0 aliphatic rings. The van der Waals surface area contributed by atoms with Crippen LogP contribution in [0.15, 0.2) is 109 Å². The first-order valence-corrected chi connectivity index (χ1v) is 14.0. The molecular weight excluding hydrogens is 548 g/mol. The molecule has 0 saturated carbocycles. The fraction of sp³-hybridized carbons (Fsp3) is 0.0606. The van der Waals surface area contributed by atoms with Gasteiger partial charge in [-0.25, -0.2) is 19.7 Å². The van der Waals surface area contributed by atoms with Gasteiger partial charge in [0.15, 0.2) is 11.7 Å². The smallest absolute Gasteiger partial charge is 0.338 e. The third-order valence-corrected chi connectivity index (χ3v) is 7.22. The van der Waals surface area contributed by atoms with Crippen molar-refractivity contribution in [2.45, 2.75) is 0 Å². The number of hydrogen-bond acceptors (Lipinski definition) is 8. The van der Waals surface area contributed by atoms with E-state index < -0.39 is 18.5 Å². The van der Waals surface area contributed by atoms with Crippen LogP contribution < -0.4 is 10.1 Å². The molecule has 42 heavy (non-hydrogen) atoms. The van der Waals surface area contributed by atoms with Crippen LogP contribution in [0.4, 0.5) is 5.13 Å². The number of thiazole rings is 1. The van der Waals surface area contributed by atoms with E-state index in [0.717, 1.165) is 22.4 Å². The molecule has 0 atom stereocenters. The summed E-state index contributed by atoms with van der Waals surface area (Å²) in [7, 11) is 1.59. The summed E-state index contributed by atoms with van der Waals surface area (Å²) in [6.45, 7) is -0.464. The van der Waals surface area contributed by atoms with E-state index in [1.807, 2.05) is 90.3 Å². The van der Waals surface area contributed by atoms with Crippen LogP contribution in [0.3, 0.4) is 0 Å². The molecule has 0 aliphatic carbocycles. The number of methoxy groups -OCH3 is 1. The van der Waals surface area contributed by atoms with Crippen molar-refractivity contribution >= 4 is 39.4 Å². The minimum atomic E-state index is -0.643. The first-order chi connectivity index (χ1) is 20.6. The van der Waals surface area contributed by atoms with Crippen LogP contribution in [-0.4, -0.2) is 40.5 Å². The molecule has 2 aromatic heterocycles. The van der Waals surface area contributed by atoms with E-state index >= 15 is 0 Å². The van der Waals surface area contributed by atoms with Crippen molar-refractivity contribution in [3.8, 4) is 39.5 Å². The Balaban J connectivity index is 1.18. The molecule has 1 N–H and O–H groups in total. The van der Waals surface area contributed by atoms with Gasteiger partial charge in [-0.3, -0.25) is 10.1 Å². The van der Waals surface area contributed by atoms with Gasteiger partial charge in [-0.05, 0) is 30.3 Å². The first kappa shape index (κ1) is 26.8. The summed E-state index contributed by atoms with van der Waals surface area (Å²) in [5, 5.41) is 4.89. The molecule has 206 valence electrons. The quantitative estimate of drug-likeness (QED) is 0.198. The number of esters is 1. The summed E-state index contributed by atoms with van der Waals surface area (Å²) < 4.78 is 10.7. The van der Waals surface area contributed by atoms with E-state index in [9.17, 15) is 9.59 Å². The van der Waals surface area contributed by atoms with Crippen molar-refractivity contribution in [1.82, 2.24) is 15.0 Å². The number of para-hydroxylation sites is 1.